The van der Waals surface area contributed by atoms with Crippen LogP contribution in [0.5, 0.6) is 0 Å². The fraction of sp³-hybridized carbons (Fsp3) is 0.588. The van der Waals surface area contributed by atoms with E-state index in [2.05, 4.69) is 46.0 Å². The van der Waals surface area contributed by atoms with Crippen LogP contribution in [0.4, 0.5) is 5.69 Å². The fourth-order valence-electron chi connectivity index (χ4n) is 4.58. The monoisotopic (exact) mass is 284 g/mol. The van der Waals surface area contributed by atoms with Gasteiger partial charge in [-0.25, -0.2) is 0 Å². The number of fused-ring (bicyclic) bond motifs is 2. The number of hydrogen-bond acceptors (Lipinski definition) is 4. The van der Waals surface area contributed by atoms with E-state index in [-0.39, 0.29) is 5.54 Å². The van der Waals surface area contributed by atoms with Gasteiger partial charge in [0.05, 0.1) is 12.1 Å². The molecule has 1 aromatic rings. The summed E-state index contributed by atoms with van der Waals surface area (Å²) in [5.41, 5.74) is 8.93. The first-order chi connectivity index (χ1) is 10.2. The van der Waals surface area contributed by atoms with Crippen molar-refractivity contribution >= 4 is 11.6 Å². The molecule has 2 saturated heterocycles. The van der Waals surface area contributed by atoms with Crippen molar-refractivity contribution in [1.82, 2.24) is 4.90 Å². The molecule has 1 spiro atoms. The number of hydrogen-bond donors (Lipinski definition) is 1. The van der Waals surface area contributed by atoms with Crippen molar-refractivity contribution in [2.45, 2.75) is 44.2 Å². The molecule has 112 valence electrons. The SMILES string of the molecule is Cc1ccccc1N1C(N)=NCC12CCN1CCCCC12. The fourth-order valence-corrected chi connectivity index (χ4v) is 4.58. The Bertz CT molecular complexity index is 582. The zero-order valence-electron chi connectivity index (χ0n) is 12.8. The summed E-state index contributed by atoms with van der Waals surface area (Å²) < 4.78 is 0. The van der Waals surface area contributed by atoms with E-state index in [0.29, 0.717) is 12.0 Å². The molecule has 3 heterocycles. The van der Waals surface area contributed by atoms with Crippen LogP contribution in [-0.2, 0) is 0 Å². The van der Waals surface area contributed by atoms with E-state index in [1.165, 1.54) is 50.0 Å². The number of aryl methyl sites for hydroxylation is 1. The Morgan fingerprint density at radius 1 is 1.24 bits per heavy atom. The van der Waals surface area contributed by atoms with Crippen LogP contribution in [-0.4, -0.2) is 42.1 Å². The van der Waals surface area contributed by atoms with Gasteiger partial charge in [-0.1, -0.05) is 24.6 Å². The van der Waals surface area contributed by atoms with Gasteiger partial charge in [-0.15, -0.1) is 0 Å². The van der Waals surface area contributed by atoms with Gasteiger partial charge in [-0.3, -0.25) is 9.89 Å². The number of nitrogens with zero attached hydrogens (tertiary/aromatic N) is 3. The molecular formula is C17H24N4. The van der Waals surface area contributed by atoms with Gasteiger partial charge in [0.1, 0.15) is 0 Å². The number of guanidine groups is 1. The summed E-state index contributed by atoms with van der Waals surface area (Å²) in [5.74, 6) is 0.705. The molecule has 3 aliphatic rings. The highest BCUT2D eigenvalue weighted by Crippen LogP contribution is 2.44. The molecular weight excluding hydrogens is 260 g/mol. The van der Waals surface area contributed by atoms with E-state index in [0.717, 1.165) is 6.54 Å². The van der Waals surface area contributed by atoms with Gasteiger partial charge in [-0.05, 0) is 44.4 Å². The Kier molecular flexibility index (Phi) is 2.96. The number of benzene rings is 1. The highest BCUT2D eigenvalue weighted by Gasteiger charge is 2.55. The smallest absolute Gasteiger partial charge is 0.196 e. The molecule has 2 fully saturated rings. The first-order valence-corrected chi connectivity index (χ1v) is 8.12. The summed E-state index contributed by atoms with van der Waals surface area (Å²) >= 11 is 0. The van der Waals surface area contributed by atoms with Gasteiger partial charge < -0.3 is 10.6 Å². The molecule has 0 saturated carbocycles. The molecule has 4 heteroatoms. The van der Waals surface area contributed by atoms with Crippen LogP contribution >= 0.6 is 0 Å². The van der Waals surface area contributed by atoms with Gasteiger partial charge >= 0.3 is 0 Å². The van der Waals surface area contributed by atoms with Crippen molar-refractivity contribution in [3.05, 3.63) is 29.8 Å². The van der Waals surface area contributed by atoms with Crippen molar-refractivity contribution in [3.8, 4) is 0 Å². The summed E-state index contributed by atoms with van der Waals surface area (Å²) in [7, 11) is 0. The summed E-state index contributed by atoms with van der Waals surface area (Å²) in [6.07, 6.45) is 5.14. The average Bonchev–Trinajstić information content (AvgIpc) is 3.03. The van der Waals surface area contributed by atoms with Crippen LogP contribution in [0.1, 0.15) is 31.2 Å². The third-order valence-electron chi connectivity index (χ3n) is 5.61. The molecule has 2 atom stereocenters. The van der Waals surface area contributed by atoms with Crippen molar-refractivity contribution in [1.29, 1.82) is 0 Å². The van der Waals surface area contributed by atoms with Crippen LogP contribution in [0.15, 0.2) is 29.3 Å². The van der Waals surface area contributed by atoms with Crippen molar-refractivity contribution in [2.75, 3.05) is 24.5 Å². The lowest BCUT2D eigenvalue weighted by molar-refractivity contribution is 0.163. The highest BCUT2D eigenvalue weighted by molar-refractivity contribution is 5.99. The molecule has 4 rings (SSSR count). The molecule has 3 aliphatic heterocycles. The van der Waals surface area contributed by atoms with E-state index < -0.39 is 0 Å². The van der Waals surface area contributed by atoms with Crippen LogP contribution in [0.3, 0.4) is 0 Å². The van der Waals surface area contributed by atoms with Gasteiger partial charge in [0.15, 0.2) is 5.96 Å². The Morgan fingerprint density at radius 3 is 2.95 bits per heavy atom. The first kappa shape index (κ1) is 13.1. The number of anilines is 1. The minimum absolute atomic E-state index is 0.0939. The maximum atomic E-state index is 6.31. The second kappa shape index (κ2) is 4.73. The lowest BCUT2D eigenvalue weighted by atomic mass is 9.84. The third-order valence-corrected chi connectivity index (χ3v) is 5.61. The van der Waals surface area contributed by atoms with Gasteiger partial charge in [0.25, 0.3) is 0 Å². The van der Waals surface area contributed by atoms with E-state index in [1.807, 2.05) is 0 Å². The molecule has 0 bridgehead atoms. The highest BCUT2D eigenvalue weighted by atomic mass is 15.4. The number of nitrogens with two attached hydrogens (primary N) is 1. The Hall–Kier alpha value is -1.55. The third kappa shape index (κ3) is 1.81. The first-order valence-electron chi connectivity index (χ1n) is 8.12. The molecule has 4 nitrogen and oxygen atoms in total. The molecule has 0 amide bonds. The average molecular weight is 284 g/mol. The predicted octanol–water partition coefficient (Wildman–Crippen LogP) is 2.13. The summed E-state index contributed by atoms with van der Waals surface area (Å²) in [4.78, 5) is 9.68. The van der Waals surface area contributed by atoms with E-state index >= 15 is 0 Å². The molecule has 21 heavy (non-hydrogen) atoms. The number of piperidine rings is 1. The van der Waals surface area contributed by atoms with Crippen LogP contribution in [0.25, 0.3) is 0 Å². The van der Waals surface area contributed by atoms with Gasteiger partial charge in [0, 0.05) is 18.3 Å². The predicted molar refractivity (Wildman–Crippen MR) is 86.7 cm³/mol. The maximum absolute atomic E-state index is 6.31. The van der Waals surface area contributed by atoms with Crippen molar-refractivity contribution in [2.24, 2.45) is 10.7 Å². The number of rotatable bonds is 1. The lowest BCUT2D eigenvalue weighted by Crippen LogP contribution is -2.60. The second-order valence-electron chi connectivity index (χ2n) is 6.70. The molecule has 0 aromatic heterocycles. The number of para-hydroxylation sites is 1. The minimum atomic E-state index is 0.0939. The lowest BCUT2D eigenvalue weighted by Gasteiger charge is -2.44. The van der Waals surface area contributed by atoms with E-state index in [1.54, 1.807) is 0 Å². The normalized spacial score (nSPS) is 32.5. The van der Waals surface area contributed by atoms with Crippen molar-refractivity contribution < 1.29 is 0 Å². The zero-order valence-corrected chi connectivity index (χ0v) is 12.8. The van der Waals surface area contributed by atoms with Crippen LogP contribution in [0.2, 0.25) is 0 Å². The molecule has 2 unspecified atom stereocenters. The number of aliphatic imine (C=N–C) groups is 1. The summed E-state index contributed by atoms with van der Waals surface area (Å²) in [6, 6.07) is 9.17. The van der Waals surface area contributed by atoms with Gasteiger partial charge in [-0.2, -0.15) is 0 Å². The zero-order chi connectivity index (χ0) is 14.4. The molecule has 2 N–H and O–H groups in total. The maximum Gasteiger partial charge on any atom is 0.196 e. The molecule has 0 aliphatic carbocycles. The summed E-state index contributed by atoms with van der Waals surface area (Å²) in [6.45, 7) is 5.46. The Balaban J connectivity index is 1.77. The Morgan fingerprint density at radius 2 is 2.10 bits per heavy atom. The van der Waals surface area contributed by atoms with E-state index in [4.69, 9.17) is 5.73 Å². The van der Waals surface area contributed by atoms with E-state index in [9.17, 15) is 0 Å². The largest absolute Gasteiger partial charge is 0.369 e. The minimum Gasteiger partial charge on any atom is -0.369 e. The standard InChI is InChI=1S/C17H24N4/c1-13-6-2-3-7-14(13)21-16(18)19-12-17(21)9-11-20-10-5-4-8-15(17)20/h2-3,6-7,15H,4-5,8-12H2,1H3,(H2,18,19). The van der Waals surface area contributed by atoms with Crippen LogP contribution in [0, 0.1) is 6.92 Å². The second-order valence-corrected chi connectivity index (χ2v) is 6.70. The van der Waals surface area contributed by atoms with Crippen molar-refractivity contribution in [3.63, 3.8) is 0 Å². The molecule has 0 radical (unpaired) electrons. The summed E-state index contributed by atoms with van der Waals surface area (Å²) in [5, 5.41) is 0. The Labute approximate surface area is 126 Å². The molecule has 1 aromatic carbocycles. The van der Waals surface area contributed by atoms with Gasteiger partial charge in [0.2, 0.25) is 0 Å². The topological polar surface area (TPSA) is 44.9 Å². The quantitative estimate of drug-likeness (QED) is 0.859. The van der Waals surface area contributed by atoms with Crippen LogP contribution < -0.4 is 10.6 Å².